The van der Waals surface area contributed by atoms with Crippen molar-refractivity contribution in [3.63, 3.8) is 0 Å². The van der Waals surface area contributed by atoms with Crippen LogP contribution in [-0.2, 0) is 0 Å². The van der Waals surface area contributed by atoms with E-state index in [2.05, 4.69) is 130 Å². The van der Waals surface area contributed by atoms with E-state index in [0.717, 1.165) is 32.1 Å². The Bertz CT molecular complexity index is 2150. The van der Waals surface area contributed by atoms with E-state index in [1.54, 1.807) is 0 Å². The number of halogens is 1. The second kappa shape index (κ2) is 7.83. The molecule has 0 spiro atoms. The number of fused-ring (bicyclic) bond motifs is 8. The Morgan fingerprint density at radius 3 is 2.14 bits per heavy atom. The molecule has 0 bridgehead atoms. The smallest absolute Gasteiger partial charge is 0.151 e. The SMILES string of the molecule is Brc1cc2c3ccccc3n(-c3ccc(-c4ccc5ccccc5c4)cc3)c2c2c1oc1ccccc12. The van der Waals surface area contributed by atoms with E-state index >= 15 is 0 Å². The highest BCUT2D eigenvalue weighted by Crippen LogP contribution is 2.43. The van der Waals surface area contributed by atoms with Gasteiger partial charge in [0.25, 0.3) is 0 Å². The van der Waals surface area contributed by atoms with Crippen LogP contribution in [0.2, 0.25) is 0 Å². The van der Waals surface area contributed by atoms with Gasteiger partial charge in [0.2, 0.25) is 0 Å². The van der Waals surface area contributed by atoms with E-state index in [1.807, 2.05) is 12.1 Å². The van der Waals surface area contributed by atoms with Crippen molar-refractivity contribution in [3.05, 3.63) is 126 Å². The van der Waals surface area contributed by atoms with Crippen molar-refractivity contribution in [1.82, 2.24) is 4.57 Å². The number of hydrogen-bond acceptors (Lipinski definition) is 1. The Labute approximate surface area is 221 Å². The van der Waals surface area contributed by atoms with Crippen LogP contribution in [0.3, 0.4) is 0 Å². The normalized spacial score (nSPS) is 11.9. The minimum absolute atomic E-state index is 0.880. The zero-order valence-electron chi connectivity index (χ0n) is 19.8. The van der Waals surface area contributed by atoms with E-state index < -0.39 is 0 Å². The van der Waals surface area contributed by atoms with Crippen molar-refractivity contribution < 1.29 is 4.42 Å². The summed E-state index contributed by atoms with van der Waals surface area (Å²) in [6.07, 6.45) is 0. The fraction of sp³-hybridized carbons (Fsp3) is 0. The third kappa shape index (κ3) is 3.04. The molecule has 0 radical (unpaired) electrons. The average molecular weight is 538 g/mol. The molecule has 3 heteroatoms. The van der Waals surface area contributed by atoms with Gasteiger partial charge in [0.15, 0.2) is 5.58 Å². The van der Waals surface area contributed by atoms with Gasteiger partial charge in [0, 0.05) is 21.8 Å². The molecule has 37 heavy (non-hydrogen) atoms. The van der Waals surface area contributed by atoms with E-state index in [4.69, 9.17) is 4.42 Å². The van der Waals surface area contributed by atoms with Gasteiger partial charge in [-0.15, -0.1) is 0 Å². The lowest BCUT2D eigenvalue weighted by Crippen LogP contribution is -1.94. The van der Waals surface area contributed by atoms with Crippen LogP contribution in [-0.4, -0.2) is 4.57 Å². The first-order valence-corrected chi connectivity index (χ1v) is 13.2. The highest BCUT2D eigenvalue weighted by atomic mass is 79.9. The van der Waals surface area contributed by atoms with Crippen molar-refractivity contribution in [1.29, 1.82) is 0 Å². The average Bonchev–Trinajstić information content (AvgIpc) is 3.50. The summed E-state index contributed by atoms with van der Waals surface area (Å²) < 4.78 is 9.68. The maximum absolute atomic E-state index is 6.33. The van der Waals surface area contributed by atoms with Crippen LogP contribution < -0.4 is 0 Å². The van der Waals surface area contributed by atoms with Crippen molar-refractivity contribution in [3.8, 4) is 16.8 Å². The van der Waals surface area contributed by atoms with Crippen LogP contribution in [0, 0.1) is 0 Å². The van der Waals surface area contributed by atoms with Crippen molar-refractivity contribution in [2.24, 2.45) is 0 Å². The van der Waals surface area contributed by atoms with Crippen LogP contribution in [0.15, 0.2) is 130 Å². The second-order valence-electron chi connectivity index (χ2n) is 9.52. The highest BCUT2D eigenvalue weighted by molar-refractivity contribution is 9.10. The molecular formula is C34H20BrNO. The van der Waals surface area contributed by atoms with Crippen LogP contribution in [0.5, 0.6) is 0 Å². The van der Waals surface area contributed by atoms with Gasteiger partial charge in [-0.25, -0.2) is 0 Å². The molecule has 0 atom stereocenters. The first-order chi connectivity index (χ1) is 18.3. The monoisotopic (exact) mass is 537 g/mol. The number of para-hydroxylation sites is 2. The first-order valence-electron chi connectivity index (χ1n) is 12.4. The molecule has 0 aliphatic carbocycles. The fourth-order valence-electron chi connectivity index (χ4n) is 5.74. The third-order valence-corrected chi connectivity index (χ3v) is 8.03. The molecule has 8 rings (SSSR count). The minimum Gasteiger partial charge on any atom is -0.455 e. The summed E-state index contributed by atoms with van der Waals surface area (Å²) in [5.74, 6) is 0. The Morgan fingerprint density at radius 1 is 0.568 bits per heavy atom. The summed E-state index contributed by atoms with van der Waals surface area (Å²) in [6.45, 7) is 0. The Balaban J connectivity index is 1.41. The number of hydrogen-bond donors (Lipinski definition) is 0. The van der Waals surface area contributed by atoms with Crippen molar-refractivity contribution in [2.45, 2.75) is 0 Å². The Morgan fingerprint density at radius 2 is 1.27 bits per heavy atom. The van der Waals surface area contributed by atoms with Gasteiger partial charge in [0.05, 0.1) is 20.9 Å². The topological polar surface area (TPSA) is 18.1 Å². The number of benzene rings is 6. The summed E-state index contributed by atoms with van der Waals surface area (Å²) in [6, 6.07) is 43.2. The lowest BCUT2D eigenvalue weighted by Gasteiger charge is -2.11. The van der Waals surface area contributed by atoms with Crippen LogP contribution in [0.25, 0.3) is 71.3 Å². The van der Waals surface area contributed by atoms with Gasteiger partial charge in [0.1, 0.15) is 5.58 Å². The van der Waals surface area contributed by atoms with Crippen molar-refractivity contribution in [2.75, 3.05) is 0 Å². The zero-order valence-corrected chi connectivity index (χ0v) is 21.4. The summed E-state index contributed by atoms with van der Waals surface area (Å²) in [5, 5.41) is 7.21. The number of rotatable bonds is 2. The summed E-state index contributed by atoms with van der Waals surface area (Å²) in [7, 11) is 0. The zero-order chi connectivity index (χ0) is 24.5. The van der Waals surface area contributed by atoms with Crippen LogP contribution >= 0.6 is 15.9 Å². The number of nitrogens with zero attached hydrogens (tertiary/aromatic N) is 1. The van der Waals surface area contributed by atoms with Gasteiger partial charge in [-0.3, -0.25) is 0 Å². The highest BCUT2D eigenvalue weighted by Gasteiger charge is 2.20. The van der Waals surface area contributed by atoms with Gasteiger partial charge in [-0.05, 0) is 74.2 Å². The van der Waals surface area contributed by atoms with E-state index in [0.29, 0.717) is 0 Å². The molecular weight excluding hydrogens is 518 g/mol. The van der Waals surface area contributed by atoms with E-state index in [9.17, 15) is 0 Å². The Kier molecular flexibility index (Phi) is 4.40. The molecule has 0 fully saturated rings. The maximum Gasteiger partial charge on any atom is 0.151 e. The molecule has 0 N–H and O–H groups in total. The molecule has 0 saturated heterocycles. The lowest BCUT2D eigenvalue weighted by molar-refractivity contribution is 0.667. The second-order valence-corrected chi connectivity index (χ2v) is 10.4. The number of furan rings is 1. The molecule has 8 aromatic rings. The van der Waals surface area contributed by atoms with Gasteiger partial charge in [-0.1, -0.05) is 84.9 Å². The standard InChI is InChI=1S/C34H20BrNO/c35-29-20-28-26-9-3-5-11-30(26)36(33(28)32-27-10-4-6-12-31(27)37-34(29)32)25-17-15-22(16-18-25)24-14-13-21-7-1-2-8-23(21)19-24/h1-20H. The van der Waals surface area contributed by atoms with Gasteiger partial charge >= 0.3 is 0 Å². The van der Waals surface area contributed by atoms with E-state index in [-0.39, 0.29) is 0 Å². The summed E-state index contributed by atoms with van der Waals surface area (Å²) in [4.78, 5) is 0. The molecule has 2 aromatic heterocycles. The third-order valence-electron chi connectivity index (χ3n) is 7.44. The van der Waals surface area contributed by atoms with Crippen LogP contribution in [0.4, 0.5) is 0 Å². The Hall–Kier alpha value is -4.34. The molecule has 0 unspecified atom stereocenters. The molecule has 2 heterocycles. The van der Waals surface area contributed by atoms with Crippen molar-refractivity contribution >= 4 is 70.4 Å². The predicted octanol–water partition coefficient (Wildman–Crippen LogP) is 10.3. The van der Waals surface area contributed by atoms with Crippen LogP contribution in [0.1, 0.15) is 0 Å². The van der Waals surface area contributed by atoms with Gasteiger partial charge in [-0.2, -0.15) is 0 Å². The summed E-state index contributed by atoms with van der Waals surface area (Å²) >= 11 is 3.80. The lowest BCUT2D eigenvalue weighted by atomic mass is 10.0. The predicted molar refractivity (Wildman–Crippen MR) is 159 cm³/mol. The number of aromatic nitrogens is 1. The largest absolute Gasteiger partial charge is 0.455 e. The maximum atomic E-state index is 6.33. The van der Waals surface area contributed by atoms with E-state index in [1.165, 1.54) is 43.7 Å². The minimum atomic E-state index is 0.880. The summed E-state index contributed by atoms with van der Waals surface area (Å²) in [5.41, 5.74) is 7.68. The molecule has 174 valence electrons. The molecule has 2 nitrogen and oxygen atoms in total. The molecule has 0 saturated carbocycles. The molecule has 0 amide bonds. The fourth-order valence-corrected chi connectivity index (χ4v) is 6.25. The molecule has 0 aliphatic rings. The molecule has 0 aliphatic heterocycles. The quantitative estimate of drug-likeness (QED) is 0.214. The molecule has 6 aromatic carbocycles. The first kappa shape index (κ1) is 20.8. The van der Waals surface area contributed by atoms with Gasteiger partial charge < -0.3 is 8.98 Å².